The zero-order valence-corrected chi connectivity index (χ0v) is 12.3. The molecule has 0 spiro atoms. The number of hydrogen-bond donors (Lipinski definition) is 1. The van der Waals surface area contributed by atoms with Gasteiger partial charge in [-0.1, -0.05) is 0 Å². The summed E-state index contributed by atoms with van der Waals surface area (Å²) < 4.78 is 31.5. The van der Waals surface area contributed by atoms with E-state index in [9.17, 15) is 13.6 Å². The van der Waals surface area contributed by atoms with Crippen molar-refractivity contribution in [1.82, 2.24) is 9.88 Å². The predicted molar refractivity (Wildman–Crippen MR) is 77.5 cm³/mol. The van der Waals surface area contributed by atoms with Crippen LogP contribution in [0.2, 0.25) is 0 Å². The third kappa shape index (κ3) is 3.56. The van der Waals surface area contributed by atoms with Crippen molar-refractivity contribution < 1.29 is 23.1 Å². The number of carboxylic acids is 1. The van der Waals surface area contributed by atoms with Gasteiger partial charge in [-0.25, -0.2) is 13.8 Å². The summed E-state index contributed by atoms with van der Waals surface area (Å²) in [5.74, 6) is -2.81. The van der Waals surface area contributed by atoms with Crippen molar-refractivity contribution in [2.45, 2.75) is 19.4 Å². The summed E-state index contributed by atoms with van der Waals surface area (Å²) in [6, 6.07) is 3.46. The summed E-state index contributed by atoms with van der Waals surface area (Å²) >= 11 is 0. The fourth-order valence-electron chi connectivity index (χ4n) is 2.77. The molecule has 1 N–H and O–H groups in total. The van der Waals surface area contributed by atoms with Crippen LogP contribution in [0.5, 0.6) is 0 Å². The van der Waals surface area contributed by atoms with Crippen molar-refractivity contribution in [2.24, 2.45) is 5.92 Å². The molecule has 0 radical (unpaired) electrons. The number of piperidine rings is 1. The lowest BCUT2D eigenvalue weighted by atomic mass is 9.98. The number of nitrogens with zero attached hydrogens (tertiary/aromatic N) is 2. The van der Waals surface area contributed by atoms with Crippen LogP contribution in [0.4, 0.5) is 8.78 Å². The second-order valence-electron chi connectivity index (χ2n) is 5.69. The minimum Gasteiger partial charge on any atom is -0.481 e. The smallest absolute Gasteiger partial charge is 0.307 e. The quantitative estimate of drug-likeness (QED) is 0.937. The van der Waals surface area contributed by atoms with Gasteiger partial charge in [0, 0.05) is 18.7 Å². The zero-order chi connectivity index (χ0) is 16.4. The maximum atomic E-state index is 13.3. The molecule has 1 aromatic heterocycles. The van der Waals surface area contributed by atoms with Crippen LogP contribution in [0, 0.1) is 17.6 Å². The van der Waals surface area contributed by atoms with E-state index in [0.717, 1.165) is 25.1 Å². The van der Waals surface area contributed by atoms with Crippen molar-refractivity contribution in [3.63, 3.8) is 0 Å². The van der Waals surface area contributed by atoms with Gasteiger partial charge in [-0.2, -0.15) is 0 Å². The number of rotatable bonds is 4. The van der Waals surface area contributed by atoms with Gasteiger partial charge in [-0.15, -0.1) is 0 Å². The van der Waals surface area contributed by atoms with Crippen LogP contribution in [0.1, 0.15) is 18.5 Å². The molecular weight excluding hydrogens is 306 g/mol. The maximum absolute atomic E-state index is 13.3. The van der Waals surface area contributed by atoms with E-state index in [0.29, 0.717) is 30.8 Å². The van der Waals surface area contributed by atoms with Crippen molar-refractivity contribution in [3.05, 3.63) is 41.8 Å². The number of aliphatic carboxylic acids is 1. The molecule has 23 heavy (non-hydrogen) atoms. The van der Waals surface area contributed by atoms with E-state index in [4.69, 9.17) is 9.52 Å². The van der Waals surface area contributed by atoms with Gasteiger partial charge in [0.2, 0.25) is 5.89 Å². The molecule has 1 unspecified atom stereocenters. The Morgan fingerprint density at radius 1 is 1.39 bits per heavy atom. The van der Waals surface area contributed by atoms with Gasteiger partial charge in [-0.3, -0.25) is 9.69 Å². The Kier molecular flexibility index (Phi) is 4.38. The molecule has 1 aliphatic heterocycles. The first-order valence-electron chi connectivity index (χ1n) is 7.38. The SMILES string of the molecule is O=C(O)C1CCCN(Cc2coc(-c3ccc(F)c(F)c3)n2)C1. The van der Waals surface area contributed by atoms with E-state index >= 15 is 0 Å². The monoisotopic (exact) mass is 322 g/mol. The maximum Gasteiger partial charge on any atom is 0.307 e. The van der Waals surface area contributed by atoms with Crippen LogP contribution in [0.25, 0.3) is 11.5 Å². The Bertz CT molecular complexity index is 717. The molecule has 1 fully saturated rings. The Balaban J connectivity index is 1.69. The first kappa shape index (κ1) is 15.6. The van der Waals surface area contributed by atoms with Crippen molar-refractivity contribution >= 4 is 5.97 Å². The largest absolute Gasteiger partial charge is 0.481 e. The van der Waals surface area contributed by atoms with E-state index < -0.39 is 17.6 Å². The van der Waals surface area contributed by atoms with Gasteiger partial charge in [0.15, 0.2) is 11.6 Å². The third-order valence-electron chi connectivity index (χ3n) is 3.96. The summed E-state index contributed by atoms with van der Waals surface area (Å²) in [6.45, 7) is 1.75. The fraction of sp³-hybridized carbons (Fsp3) is 0.375. The number of aromatic nitrogens is 1. The van der Waals surface area contributed by atoms with E-state index in [1.165, 1.54) is 12.3 Å². The number of oxazole rings is 1. The van der Waals surface area contributed by atoms with Crippen molar-refractivity contribution in [1.29, 1.82) is 0 Å². The van der Waals surface area contributed by atoms with Crippen LogP contribution in [-0.4, -0.2) is 34.0 Å². The summed E-state index contributed by atoms with van der Waals surface area (Å²) in [4.78, 5) is 17.4. The predicted octanol–water partition coefficient (Wildman–Crippen LogP) is 2.92. The minimum absolute atomic E-state index is 0.214. The number of likely N-dealkylation sites (tertiary alicyclic amines) is 1. The number of carbonyl (C=O) groups is 1. The van der Waals surface area contributed by atoms with E-state index in [1.807, 2.05) is 4.90 Å². The third-order valence-corrected chi connectivity index (χ3v) is 3.96. The van der Waals surface area contributed by atoms with Gasteiger partial charge in [0.05, 0.1) is 11.6 Å². The second-order valence-corrected chi connectivity index (χ2v) is 5.69. The Morgan fingerprint density at radius 3 is 2.96 bits per heavy atom. The highest BCUT2D eigenvalue weighted by atomic mass is 19.2. The van der Waals surface area contributed by atoms with Crippen molar-refractivity contribution in [2.75, 3.05) is 13.1 Å². The van der Waals surface area contributed by atoms with Gasteiger partial charge in [0.25, 0.3) is 0 Å². The number of benzene rings is 1. The standard InChI is InChI=1S/C16H16F2N2O3/c17-13-4-3-10(6-14(13)18)15-19-12(9-23-15)8-20-5-1-2-11(7-20)16(21)22/h3-4,6,9,11H,1-2,5,7-8H2,(H,21,22). The number of halogens is 2. The van der Waals surface area contributed by atoms with Gasteiger partial charge in [0.1, 0.15) is 6.26 Å². The molecule has 1 atom stereocenters. The van der Waals surface area contributed by atoms with E-state index in [2.05, 4.69) is 4.98 Å². The average molecular weight is 322 g/mol. The molecule has 1 aromatic carbocycles. The zero-order valence-electron chi connectivity index (χ0n) is 12.3. The molecule has 1 aliphatic rings. The highest BCUT2D eigenvalue weighted by Crippen LogP contribution is 2.23. The van der Waals surface area contributed by atoms with Gasteiger partial charge >= 0.3 is 5.97 Å². The molecule has 122 valence electrons. The first-order chi connectivity index (χ1) is 11.0. The molecule has 3 rings (SSSR count). The lowest BCUT2D eigenvalue weighted by Gasteiger charge is -2.29. The molecule has 0 amide bonds. The molecule has 0 bridgehead atoms. The lowest BCUT2D eigenvalue weighted by molar-refractivity contribution is -0.143. The molecule has 0 aliphatic carbocycles. The Labute approximate surface area is 131 Å². The number of carboxylic acid groups (broad SMARTS) is 1. The summed E-state index contributed by atoms with van der Waals surface area (Å²) in [5, 5.41) is 9.10. The minimum atomic E-state index is -0.956. The Morgan fingerprint density at radius 2 is 2.22 bits per heavy atom. The van der Waals surface area contributed by atoms with E-state index in [-0.39, 0.29) is 11.8 Å². The van der Waals surface area contributed by atoms with Crippen LogP contribution >= 0.6 is 0 Å². The molecule has 2 heterocycles. The highest BCUT2D eigenvalue weighted by Gasteiger charge is 2.25. The van der Waals surface area contributed by atoms with Crippen LogP contribution in [0.3, 0.4) is 0 Å². The number of hydrogen-bond acceptors (Lipinski definition) is 4. The van der Waals surface area contributed by atoms with Crippen molar-refractivity contribution in [3.8, 4) is 11.5 Å². The highest BCUT2D eigenvalue weighted by molar-refractivity contribution is 5.70. The normalized spacial score (nSPS) is 19.0. The molecular formula is C16H16F2N2O3. The lowest BCUT2D eigenvalue weighted by Crippen LogP contribution is -2.38. The second kappa shape index (κ2) is 6.45. The molecule has 5 nitrogen and oxygen atoms in total. The molecule has 1 saturated heterocycles. The summed E-state index contributed by atoms with van der Waals surface area (Å²) in [5.41, 5.74) is 0.993. The fourth-order valence-corrected chi connectivity index (χ4v) is 2.77. The molecule has 7 heteroatoms. The topological polar surface area (TPSA) is 66.6 Å². The molecule has 2 aromatic rings. The van der Waals surface area contributed by atoms with Gasteiger partial charge in [-0.05, 0) is 37.6 Å². The summed E-state index contributed by atoms with van der Waals surface area (Å²) in [6.07, 6.45) is 2.97. The Hall–Kier alpha value is -2.28. The van der Waals surface area contributed by atoms with Crippen LogP contribution in [-0.2, 0) is 11.3 Å². The average Bonchev–Trinajstić information content (AvgIpc) is 2.99. The van der Waals surface area contributed by atoms with E-state index in [1.54, 1.807) is 0 Å². The van der Waals surface area contributed by atoms with Crippen LogP contribution in [0.15, 0.2) is 28.9 Å². The first-order valence-corrected chi connectivity index (χ1v) is 7.38. The molecule has 0 saturated carbocycles. The summed E-state index contributed by atoms with van der Waals surface area (Å²) in [7, 11) is 0. The van der Waals surface area contributed by atoms with Gasteiger partial charge < -0.3 is 9.52 Å². The van der Waals surface area contributed by atoms with Crippen LogP contribution < -0.4 is 0 Å².